The molecule has 1 N–H and O–H groups in total. The van der Waals surface area contributed by atoms with Gasteiger partial charge in [-0.1, -0.05) is 24.3 Å². The van der Waals surface area contributed by atoms with Gasteiger partial charge in [-0.05, 0) is 31.3 Å². The largest absolute Gasteiger partial charge is 0.508 e. The lowest BCUT2D eigenvalue weighted by Gasteiger charge is -2.32. The number of amides is 1. The number of piperazine rings is 1. The fourth-order valence-electron chi connectivity index (χ4n) is 3.89. The average molecular weight is 413 g/mol. The molecule has 0 spiro atoms. The fraction of sp³-hybridized carbons (Fsp3) is 0.208. The summed E-state index contributed by atoms with van der Waals surface area (Å²) in [6.07, 6.45) is 5.43. The minimum Gasteiger partial charge on any atom is -0.508 e. The predicted octanol–water partition coefficient (Wildman–Crippen LogP) is 3.16. The molecular weight excluding hydrogens is 390 g/mol. The molecule has 0 saturated carbocycles. The number of nitrogens with zero attached hydrogens (tertiary/aromatic N) is 5. The summed E-state index contributed by atoms with van der Waals surface area (Å²) in [6.45, 7) is 3.32. The van der Waals surface area contributed by atoms with E-state index in [1.165, 1.54) is 0 Å². The molecule has 156 valence electrons. The Kier molecular flexibility index (Phi) is 4.88. The third kappa shape index (κ3) is 3.75. The number of phenolic OH excluding ortho intramolecular Hbond substituents is 1. The second-order valence-electron chi connectivity index (χ2n) is 7.87. The number of carbonyl (C=O) groups excluding carboxylic acids is 1. The van der Waals surface area contributed by atoms with E-state index >= 15 is 0 Å². The number of hydrogen-bond acceptors (Lipinski definition) is 5. The summed E-state index contributed by atoms with van der Waals surface area (Å²) in [5.41, 5.74) is 4.87. The number of rotatable bonds is 3. The van der Waals surface area contributed by atoms with E-state index in [4.69, 9.17) is 0 Å². The number of fused-ring (bicyclic) bond motifs is 1. The molecule has 7 nitrogen and oxygen atoms in total. The van der Waals surface area contributed by atoms with Gasteiger partial charge in [-0.15, -0.1) is 0 Å². The van der Waals surface area contributed by atoms with Gasteiger partial charge in [0.1, 0.15) is 5.75 Å². The SMILES string of the molecule is CN1CCN(C(=O)c2ccc(-c3cn4c(-c5cccc(O)c5)cnc4cn3)cc2)CC1. The number of hydrogen-bond donors (Lipinski definition) is 1. The molecule has 3 heterocycles. The van der Waals surface area contributed by atoms with Crippen LogP contribution in [0.3, 0.4) is 0 Å². The predicted molar refractivity (Wildman–Crippen MR) is 119 cm³/mol. The van der Waals surface area contributed by atoms with E-state index in [9.17, 15) is 9.90 Å². The van der Waals surface area contributed by atoms with E-state index in [1.807, 2.05) is 51.9 Å². The van der Waals surface area contributed by atoms with Crippen LogP contribution >= 0.6 is 0 Å². The molecule has 1 saturated heterocycles. The Balaban J connectivity index is 1.43. The molecule has 2 aromatic carbocycles. The van der Waals surface area contributed by atoms with Crippen LogP contribution in [0.2, 0.25) is 0 Å². The van der Waals surface area contributed by atoms with Crippen LogP contribution in [0, 0.1) is 0 Å². The Labute approximate surface area is 180 Å². The highest BCUT2D eigenvalue weighted by atomic mass is 16.3. The maximum atomic E-state index is 12.8. The summed E-state index contributed by atoms with van der Waals surface area (Å²) in [7, 11) is 2.08. The maximum Gasteiger partial charge on any atom is 0.253 e. The zero-order chi connectivity index (χ0) is 21.4. The number of phenols is 1. The van der Waals surface area contributed by atoms with Crippen LogP contribution in [0.5, 0.6) is 5.75 Å². The van der Waals surface area contributed by atoms with Gasteiger partial charge in [0.15, 0.2) is 5.65 Å². The van der Waals surface area contributed by atoms with Crippen molar-refractivity contribution in [2.24, 2.45) is 0 Å². The number of aromatic hydroxyl groups is 1. The van der Waals surface area contributed by atoms with Gasteiger partial charge in [0, 0.05) is 49.1 Å². The molecule has 4 aromatic rings. The molecule has 1 amide bonds. The van der Waals surface area contributed by atoms with E-state index in [-0.39, 0.29) is 11.7 Å². The second kappa shape index (κ2) is 7.85. The van der Waals surface area contributed by atoms with Crippen LogP contribution < -0.4 is 0 Å². The molecule has 7 heteroatoms. The van der Waals surface area contributed by atoms with Crippen LogP contribution in [0.1, 0.15) is 10.4 Å². The normalized spacial score (nSPS) is 14.8. The van der Waals surface area contributed by atoms with Gasteiger partial charge in [0.25, 0.3) is 5.91 Å². The molecule has 5 rings (SSSR count). The summed E-state index contributed by atoms with van der Waals surface area (Å²) >= 11 is 0. The van der Waals surface area contributed by atoms with Crippen molar-refractivity contribution in [2.75, 3.05) is 33.2 Å². The maximum absolute atomic E-state index is 12.8. The first kappa shape index (κ1) is 19.3. The van der Waals surface area contributed by atoms with Gasteiger partial charge in [-0.2, -0.15) is 0 Å². The van der Waals surface area contributed by atoms with Crippen molar-refractivity contribution < 1.29 is 9.90 Å². The van der Waals surface area contributed by atoms with Crippen LogP contribution in [-0.2, 0) is 0 Å². The lowest BCUT2D eigenvalue weighted by molar-refractivity contribution is 0.0664. The van der Waals surface area contributed by atoms with Crippen molar-refractivity contribution in [1.82, 2.24) is 24.2 Å². The number of aromatic nitrogens is 3. The van der Waals surface area contributed by atoms with E-state index in [2.05, 4.69) is 21.9 Å². The van der Waals surface area contributed by atoms with Gasteiger partial charge in [-0.3, -0.25) is 14.2 Å². The van der Waals surface area contributed by atoms with Crippen molar-refractivity contribution in [1.29, 1.82) is 0 Å². The molecule has 2 aromatic heterocycles. The average Bonchev–Trinajstić information content (AvgIpc) is 3.22. The van der Waals surface area contributed by atoms with Crippen LogP contribution in [0.25, 0.3) is 28.2 Å². The van der Waals surface area contributed by atoms with Crippen molar-refractivity contribution in [3.63, 3.8) is 0 Å². The highest BCUT2D eigenvalue weighted by molar-refractivity contribution is 5.94. The third-order valence-electron chi connectivity index (χ3n) is 5.76. The minimum absolute atomic E-state index is 0.0730. The second-order valence-corrected chi connectivity index (χ2v) is 7.87. The molecular formula is C24H23N5O2. The lowest BCUT2D eigenvalue weighted by Crippen LogP contribution is -2.47. The summed E-state index contributed by atoms with van der Waals surface area (Å²) < 4.78 is 1.96. The van der Waals surface area contributed by atoms with Gasteiger partial charge >= 0.3 is 0 Å². The Morgan fingerprint density at radius 1 is 0.935 bits per heavy atom. The topological polar surface area (TPSA) is 74.0 Å². The minimum atomic E-state index is 0.0730. The summed E-state index contributed by atoms with van der Waals surface area (Å²) in [5, 5.41) is 9.82. The molecule has 1 aliphatic heterocycles. The van der Waals surface area contributed by atoms with Gasteiger partial charge in [0.05, 0.1) is 23.8 Å². The summed E-state index contributed by atoms with van der Waals surface area (Å²) in [4.78, 5) is 25.9. The Morgan fingerprint density at radius 2 is 1.71 bits per heavy atom. The highest BCUT2D eigenvalue weighted by Gasteiger charge is 2.20. The fourth-order valence-corrected chi connectivity index (χ4v) is 3.89. The summed E-state index contributed by atoms with van der Waals surface area (Å²) in [5.74, 6) is 0.283. The van der Waals surface area contributed by atoms with Gasteiger partial charge in [0.2, 0.25) is 0 Å². The molecule has 0 radical (unpaired) electrons. The number of carbonyl (C=O) groups is 1. The quantitative estimate of drug-likeness (QED) is 0.559. The first-order valence-corrected chi connectivity index (χ1v) is 10.3. The first-order valence-electron chi connectivity index (χ1n) is 10.3. The molecule has 1 aliphatic rings. The van der Waals surface area contributed by atoms with Crippen LogP contribution in [0.4, 0.5) is 0 Å². The number of benzene rings is 2. The van der Waals surface area contributed by atoms with E-state index in [0.29, 0.717) is 5.56 Å². The van der Waals surface area contributed by atoms with Crippen molar-refractivity contribution >= 4 is 11.6 Å². The molecule has 0 unspecified atom stereocenters. The molecule has 1 fully saturated rings. The van der Waals surface area contributed by atoms with Crippen LogP contribution in [-0.4, -0.2) is 68.4 Å². The zero-order valence-corrected chi connectivity index (χ0v) is 17.3. The van der Waals surface area contributed by atoms with Gasteiger partial charge < -0.3 is 14.9 Å². The highest BCUT2D eigenvalue weighted by Crippen LogP contribution is 2.26. The van der Waals surface area contributed by atoms with E-state index in [0.717, 1.165) is 54.3 Å². The Hall–Kier alpha value is -3.71. The number of imidazole rings is 1. The Bertz CT molecular complexity index is 1240. The van der Waals surface area contributed by atoms with Gasteiger partial charge in [-0.25, -0.2) is 4.98 Å². The van der Waals surface area contributed by atoms with E-state index in [1.54, 1.807) is 24.5 Å². The standard InChI is InChI=1S/C24H23N5O2/c1-27-9-11-28(12-10-27)24(31)18-7-5-17(6-8-18)21-16-29-22(14-26-23(29)15-25-21)19-3-2-4-20(30)13-19/h2-8,13-16,30H,9-12H2,1H3. The first-order chi connectivity index (χ1) is 15.1. The molecule has 31 heavy (non-hydrogen) atoms. The Morgan fingerprint density at radius 3 is 2.45 bits per heavy atom. The zero-order valence-electron chi connectivity index (χ0n) is 17.3. The van der Waals surface area contributed by atoms with Crippen molar-refractivity contribution in [2.45, 2.75) is 0 Å². The lowest BCUT2D eigenvalue weighted by atomic mass is 10.1. The van der Waals surface area contributed by atoms with Crippen molar-refractivity contribution in [3.8, 4) is 28.3 Å². The van der Waals surface area contributed by atoms with E-state index < -0.39 is 0 Å². The monoisotopic (exact) mass is 413 g/mol. The summed E-state index contributed by atoms with van der Waals surface area (Å²) in [6, 6.07) is 14.7. The van der Waals surface area contributed by atoms with Crippen molar-refractivity contribution in [3.05, 3.63) is 72.7 Å². The number of likely N-dealkylation sites (N-methyl/N-ethyl adjacent to an activating group) is 1. The molecule has 0 atom stereocenters. The third-order valence-corrected chi connectivity index (χ3v) is 5.76. The smallest absolute Gasteiger partial charge is 0.253 e. The van der Waals surface area contributed by atoms with Crippen LogP contribution in [0.15, 0.2) is 67.1 Å². The molecule has 0 aliphatic carbocycles. The molecule has 0 bridgehead atoms.